The smallest absolute Gasteiger partial charge is 0.410 e. The predicted molar refractivity (Wildman–Crippen MR) is 135 cm³/mol. The van der Waals surface area contributed by atoms with Gasteiger partial charge in [-0.25, -0.2) is 4.79 Å². The number of hydrogen-bond acceptors (Lipinski definition) is 5. The van der Waals surface area contributed by atoms with Gasteiger partial charge in [0, 0.05) is 19.0 Å². The summed E-state index contributed by atoms with van der Waals surface area (Å²) in [4.78, 5) is 53.2. The summed E-state index contributed by atoms with van der Waals surface area (Å²) in [6.45, 7) is 2.45. The second-order valence-corrected chi connectivity index (χ2v) is 10.1. The Morgan fingerprint density at radius 3 is 2.27 bits per heavy atom. The third kappa shape index (κ3) is 4.77. The zero-order valence-electron chi connectivity index (χ0n) is 20.8. The minimum atomic E-state index is -1.14. The maximum absolute atomic E-state index is 13.5. The van der Waals surface area contributed by atoms with Crippen LogP contribution in [0.3, 0.4) is 0 Å². The topological polar surface area (TPSA) is 116 Å². The van der Waals surface area contributed by atoms with E-state index < -0.39 is 36.6 Å². The minimum absolute atomic E-state index is 0.0774. The molecule has 3 amide bonds. The lowest BCUT2D eigenvalue weighted by Crippen LogP contribution is -2.53. The van der Waals surface area contributed by atoms with Crippen LogP contribution in [0, 0.1) is 5.92 Å². The molecule has 2 N–H and O–H groups in total. The van der Waals surface area contributed by atoms with Gasteiger partial charge in [0.2, 0.25) is 11.8 Å². The SMILES string of the molecule is C[C@@H]1C[C@@H](C(=O)N2CCC[C@H]2C(=O)NCC(=O)O)N(C(=O)OCC2c3ccccc3-c3ccccc32)C1. The Morgan fingerprint density at radius 1 is 0.973 bits per heavy atom. The van der Waals surface area contributed by atoms with Gasteiger partial charge >= 0.3 is 12.1 Å². The normalized spacial score (nSPS) is 22.5. The van der Waals surface area contributed by atoms with Crippen LogP contribution in [0.5, 0.6) is 0 Å². The van der Waals surface area contributed by atoms with Crippen LogP contribution >= 0.6 is 0 Å². The summed E-state index contributed by atoms with van der Waals surface area (Å²) in [6.07, 6.45) is 1.06. The molecule has 194 valence electrons. The molecule has 37 heavy (non-hydrogen) atoms. The van der Waals surface area contributed by atoms with Gasteiger partial charge in [0.15, 0.2) is 0 Å². The Hall–Kier alpha value is -3.88. The first-order chi connectivity index (χ1) is 17.8. The summed E-state index contributed by atoms with van der Waals surface area (Å²) in [6, 6.07) is 14.8. The minimum Gasteiger partial charge on any atom is -0.480 e. The third-order valence-corrected chi connectivity index (χ3v) is 7.62. The van der Waals surface area contributed by atoms with Gasteiger partial charge in [-0.1, -0.05) is 55.5 Å². The van der Waals surface area contributed by atoms with E-state index in [0.29, 0.717) is 32.4 Å². The number of carboxylic acids is 1. The molecule has 0 radical (unpaired) electrons. The van der Waals surface area contributed by atoms with Gasteiger partial charge < -0.3 is 20.1 Å². The highest BCUT2D eigenvalue weighted by atomic mass is 16.6. The first-order valence-corrected chi connectivity index (χ1v) is 12.8. The molecular weight excluding hydrogens is 474 g/mol. The van der Waals surface area contributed by atoms with E-state index in [2.05, 4.69) is 29.6 Å². The molecule has 2 heterocycles. The third-order valence-electron chi connectivity index (χ3n) is 7.62. The van der Waals surface area contributed by atoms with Gasteiger partial charge in [-0.2, -0.15) is 0 Å². The number of fused-ring (bicyclic) bond motifs is 3. The molecular formula is C28H31N3O6. The number of likely N-dealkylation sites (tertiary alicyclic amines) is 2. The van der Waals surface area contributed by atoms with E-state index >= 15 is 0 Å². The molecule has 2 fully saturated rings. The number of carbonyl (C=O) groups excluding carboxylic acids is 3. The van der Waals surface area contributed by atoms with Gasteiger partial charge in [0.1, 0.15) is 25.2 Å². The standard InChI is InChI=1S/C28H31N3O6/c1-17-13-24(27(35)30-12-6-11-23(30)26(34)29-14-25(32)33)31(15-17)28(36)37-16-22-20-9-4-2-7-18(20)19-8-3-5-10-21(19)22/h2-5,7-10,17,22-24H,6,11-16H2,1H3,(H,29,34)(H,32,33)/t17-,23+,24+/m1/s1. The van der Waals surface area contributed by atoms with Crippen molar-refractivity contribution in [2.75, 3.05) is 26.2 Å². The molecule has 5 rings (SSSR count). The molecule has 2 saturated heterocycles. The van der Waals surface area contributed by atoms with Crippen LogP contribution in [0.2, 0.25) is 0 Å². The van der Waals surface area contributed by atoms with E-state index in [4.69, 9.17) is 9.84 Å². The van der Waals surface area contributed by atoms with Crippen LogP contribution in [-0.2, 0) is 19.1 Å². The van der Waals surface area contributed by atoms with E-state index in [-0.39, 0.29) is 24.3 Å². The maximum atomic E-state index is 13.5. The Kier molecular flexibility index (Phi) is 6.86. The molecule has 9 nitrogen and oxygen atoms in total. The zero-order valence-corrected chi connectivity index (χ0v) is 20.8. The molecule has 2 aromatic carbocycles. The molecule has 3 aliphatic rings. The van der Waals surface area contributed by atoms with Gasteiger partial charge in [-0.05, 0) is 47.4 Å². The molecule has 0 saturated carbocycles. The van der Waals surface area contributed by atoms with Crippen molar-refractivity contribution in [1.82, 2.24) is 15.1 Å². The number of hydrogen-bond donors (Lipinski definition) is 2. The summed E-state index contributed by atoms with van der Waals surface area (Å²) in [5.74, 6) is -1.88. The number of carbonyl (C=O) groups is 4. The predicted octanol–water partition coefficient (Wildman–Crippen LogP) is 2.84. The fourth-order valence-electron chi connectivity index (χ4n) is 5.93. The number of carboxylic acid groups (broad SMARTS) is 1. The lowest BCUT2D eigenvalue weighted by molar-refractivity contribution is -0.142. The van der Waals surface area contributed by atoms with E-state index in [1.807, 2.05) is 31.2 Å². The Bertz CT molecular complexity index is 1180. The van der Waals surface area contributed by atoms with Gasteiger partial charge in [0.25, 0.3) is 0 Å². The molecule has 0 spiro atoms. The van der Waals surface area contributed by atoms with Crippen molar-refractivity contribution in [1.29, 1.82) is 0 Å². The average molecular weight is 506 g/mol. The fraction of sp³-hybridized carbons (Fsp3) is 0.429. The second-order valence-electron chi connectivity index (χ2n) is 10.1. The lowest BCUT2D eigenvalue weighted by atomic mass is 9.98. The van der Waals surface area contributed by atoms with Crippen molar-refractivity contribution in [2.45, 2.75) is 44.2 Å². The fourth-order valence-corrected chi connectivity index (χ4v) is 5.93. The van der Waals surface area contributed by atoms with Crippen LogP contribution in [0.1, 0.15) is 43.2 Å². The summed E-state index contributed by atoms with van der Waals surface area (Å²) >= 11 is 0. The van der Waals surface area contributed by atoms with E-state index in [1.165, 1.54) is 9.80 Å². The lowest BCUT2D eigenvalue weighted by Gasteiger charge is -2.30. The van der Waals surface area contributed by atoms with Crippen molar-refractivity contribution >= 4 is 23.9 Å². The van der Waals surface area contributed by atoms with Crippen molar-refractivity contribution < 1.29 is 29.0 Å². The van der Waals surface area contributed by atoms with E-state index in [1.54, 1.807) is 0 Å². The van der Waals surface area contributed by atoms with Crippen molar-refractivity contribution in [3.05, 3.63) is 59.7 Å². The number of ether oxygens (including phenoxy) is 1. The molecule has 1 aliphatic carbocycles. The molecule has 0 unspecified atom stereocenters. The Balaban J connectivity index is 1.27. The highest BCUT2D eigenvalue weighted by molar-refractivity contribution is 5.93. The highest BCUT2D eigenvalue weighted by Gasteiger charge is 2.45. The first-order valence-electron chi connectivity index (χ1n) is 12.8. The number of amides is 3. The summed E-state index contributed by atoms with van der Waals surface area (Å²) < 4.78 is 5.83. The number of nitrogens with zero attached hydrogens (tertiary/aromatic N) is 2. The molecule has 0 aromatic heterocycles. The molecule has 3 atom stereocenters. The van der Waals surface area contributed by atoms with Crippen LogP contribution in [-0.4, -0.2) is 77.1 Å². The first kappa shape index (κ1) is 24.8. The molecule has 2 aliphatic heterocycles. The highest BCUT2D eigenvalue weighted by Crippen LogP contribution is 2.44. The average Bonchev–Trinajstić information content (AvgIpc) is 3.61. The summed E-state index contributed by atoms with van der Waals surface area (Å²) in [7, 11) is 0. The van der Waals surface area contributed by atoms with Crippen LogP contribution < -0.4 is 5.32 Å². The summed E-state index contributed by atoms with van der Waals surface area (Å²) in [5, 5.41) is 11.2. The van der Waals surface area contributed by atoms with Crippen LogP contribution in [0.15, 0.2) is 48.5 Å². The van der Waals surface area contributed by atoms with Gasteiger partial charge in [0.05, 0.1) is 0 Å². The van der Waals surface area contributed by atoms with Crippen molar-refractivity contribution in [3.8, 4) is 11.1 Å². The number of aliphatic carboxylic acids is 1. The van der Waals surface area contributed by atoms with Gasteiger partial charge in [-0.15, -0.1) is 0 Å². The second kappa shape index (κ2) is 10.2. The Morgan fingerprint density at radius 2 is 1.62 bits per heavy atom. The van der Waals surface area contributed by atoms with Crippen molar-refractivity contribution in [2.24, 2.45) is 5.92 Å². The number of rotatable bonds is 6. The molecule has 2 aromatic rings. The Labute approximate surface area is 215 Å². The van der Waals surface area contributed by atoms with Gasteiger partial charge in [-0.3, -0.25) is 19.3 Å². The van der Waals surface area contributed by atoms with Crippen LogP contribution in [0.4, 0.5) is 4.79 Å². The molecule has 0 bridgehead atoms. The largest absolute Gasteiger partial charge is 0.480 e. The zero-order chi connectivity index (χ0) is 26.1. The number of nitrogens with one attached hydrogen (secondary N) is 1. The maximum Gasteiger partial charge on any atom is 0.410 e. The molecule has 9 heteroatoms. The quantitative estimate of drug-likeness (QED) is 0.624. The summed E-state index contributed by atoms with van der Waals surface area (Å²) in [5.41, 5.74) is 4.52. The monoisotopic (exact) mass is 505 g/mol. The van der Waals surface area contributed by atoms with Crippen LogP contribution in [0.25, 0.3) is 11.1 Å². The van der Waals surface area contributed by atoms with E-state index in [0.717, 1.165) is 22.3 Å². The number of benzene rings is 2. The van der Waals surface area contributed by atoms with Crippen molar-refractivity contribution in [3.63, 3.8) is 0 Å². The van der Waals surface area contributed by atoms with E-state index in [9.17, 15) is 19.2 Å².